The minimum Gasteiger partial charge on any atom is -0.443 e. The molecule has 0 aromatic heterocycles. The van der Waals surface area contributed by atoms with Gasteiger partial charge in [0.1, 0.15) is 11.9 Å². The Morgan fingerprint density at radius 1 is 1.38 bits per heavy atom. The summed E-state index contributed by atoms with van der Waals surface area (Å²) in [6.45, 7) is 7.32. The van der Waals surface area contributed by atoms with Crippen LogP contribution < -0.4 is 20.4 Å². The van der Waals surface area contributed by atoms with Gasteiger partial charge < -0.3 is 20.3 Å². The first-order valence-electron chi connectivity index (χ1n) is 8.63. The van der Waals surface area contributed by atoms with E-state index in [4.69, 9.17) is 4.74 Å². The van der Waals surface area contributed by atoms with Crippen molar-refractivity contribution in [2.75, 3.05) is 55.6 Å². The van der Waals surface area contributed by atoms with Crippen molar-refractivity contribution < 1.29 is 13.9 Å². The quantitative estimate of drug-likeness (QED) is 0.772. The molecule has 2 aliphatic rings. The van der Waals surface area contributed by atoms with Crippen LogP contribution in [0.25, 0.3) is 0 Å². The fourth-order valence-corrected chi connectivity index (χ4v) is 3.10. The zero-order valence-electron chi connectivity index (χ0n) is 14.1. The standard InChI is InChI=1S/C17H25FN4O2/c1-2-5-20-11-14-12-22(17(23)24-14)13-3-4-16(15(18)10-13)21-8-6-19-7-9-21/h3-4,10,14,19-20H,2,5-9,11-12H2,1H3/t14-/m0/s1. The van der Waals surface area contributed by atoms with Crippen molar-refractivity contribution in [3.8, 4) is 0 Å². The molecular formula is C17H25FN4O2. The first-order chi connectivity index (χ1) is 11.7. The van der Waals surface area contributed by atoms with Crippen molar-refractivity contribution in [2.45, 2.75) is 19.4 Å². The summed E-state index contributed by atoms with van der Waals surface area (Å²) in [7, 11) is 0. The molecule has 132 valence electrons. The van der Waals surface area contributed by atoms with Crippen LogP contribution >= 0.6 is 0 Å². The molecule has 3 rings (SSSR count). The molecule has 2 saturated heterocycles. The largest absolute Gasteiger partial charge is 0.443 e. The summed E-state index contributed by atoms with van der Waals surface area (Å²) in [5.41, 5.74) is 1.14. The van der Waals surface area contributed by atoms with E-state index in [0.29, 0.717) is 24.5 Å². The third kappa shape index (κ3) is 3.79. The fraction of sp³-hybridized carbons (Fsp3) is 0.588. The Morgan fingerprint density at radius 2 is 2.17 bits per heavy atom. The summed E-state index contributed by atoms with van der Waals surface area (Å²) in [4.78, 5) is 15.6. The van der Waals surface area contributed by atoms with Gasteiger partial charge in [0.25, 0.3) is 0 Å². The lowest BCUT2D eigenvalue weighted by Crippen LogP contribution is -2.43. The molecule has 0 radical (unpaired) electrons. The fourth-order valence-electron chi connectivity index (χ4n) is 3.10. The summed E-state index contributed by atoms with van der Waals surface area (Å²) in [5.74, 6) is -0.297. The Morgan fingerprint density at radius 3 is 2.88 bits per heavy atom. The highest BCUT2D eigenvalue weighted by atomic mass is 19.1. The monoisotopic (exact) mass is 336 g/mol. The average molecular weight is 336 g/mol. The van der Waals surface area contributed by atoms with Gasteiger partial charge in [0.05, 0.1) is 17.9 Å². The molecule has 0 aliphatic carbocycles. The van der Waals surface area contributed by atoms with Gasteiger partial charge in [-0.15, -0.1) is 0 Å². The van der Waals surface area contributed by atoms with Gasteiger partial charge in [0.2, 0.25) is 0 Å². The topological polar surface area (TPSA) is 56.8 Å². The number of halogens is 1. The molecule has 24 heavy (non-hydrogen) atoms. The number of benzene rings is 1. The maximum atomic E-state index is 14.5. The van der Waals surface area contributed by atoms with Crippen LogP contribution in [0.4, 0.5) is 20.6 Å². The molecule has 7 heteroatoms. The highest BCUT2D eigenvalue weighted by molar-refractivity contribution is 5.90. The van der Waals surface area contributed by atoms with Crippen LogP contribution in [-0.2, 0) is 4.74 Å². The number of hydrogen-bond acceptors (Lipinski definition) is 5. The summed E-state index contributed by atoms with van der Waals surface area (Å²) in [6, 6.07) is 4.98. The number of piperazine rings is 1. The molecule has 1 aromatic rings. The number of rotatable bonds is 6. The minimum atomic E-state index is -0.410. The first-order valence-corrected chi connectivity index (χ1v) is 8.63. The summed E-state index contributed by atoms with van der Waals surface area (Å²) >= 11 is 0. The van der Waals surface area contributed by atoms with Crippen molar-refractivity contribution >= 4 is 17.5 Å². The van der Waals surface area contributed by atoms with Gasteiger partial charge in [-0.25, -0.2) is 9.18 Å². The van der Waals surface area contributed by atoms with Crippen molar-refractivity contribution in [1.82, 2.24) is 10.6 Å². The molecular weight excluding hydrogens is 311 g/mol. The zero-order valence-corrected chi connectivity index (χ0v) is 14.1. The van der Waals surface area contributed by atoms with Gasteiger partial charge in [0, 0.05) is 32.7 Å². The SMILES string of the molecule is CCCNC[C@H]1CN(c2ccc(N3CCNCC3)c(F)c2)C(=O)O1. The predicted molar refractivity (Wildman–Crippen MR) is 92.3 cm³/mol. The molecule has 2 heterocycles. The number of nitrogens with one attached hydrogen (secondary N) is 2. The zero-order chi connectivity index (χ0) is 16.9. The van der Waals surface area contributed by atoms with Gasteiger partial charge in [-0.2, -0.15) is 0 Å². The van der Waals surface area contributed by atoms with Crippen LogP contribution in [0.3, 0.4) is 0 Å². The molecule has 0 spiro atoms. The Labute approximate surface area is 141 Å². The lowest BCUT2D eigenvalue weighted by atomic mass is 10.2. The lowest BCUT2D eigenvalue weighted by molar-refractivity contribution is 0.140. The Kier molecular flexibility index (Phi) is 5.52. The van der Waals surface area contributed by atoms with Gasteiger partial charge >= 0.3 is 6.09 Å². The molecule has 0 bridgehead atoms. The molecule has 6 nitrogen and oxygen atoms in total. The second-order valence-corrected chi connectivity index (χ2v) is 6.19. The second-order valence-electron chi connectivity index (χ2n) is 6.19. The number of hydrogen-bond donors (Lipinski definition) is 2. The van der Waals surface area contributed by atoms with E-state index in [0.717, 1.165) is 39.1 Å². The van der Waals surface area contributed by atoms with Gasteiger partial charge in [-0.1, -0.05) is 6.92 Å². The van der Waals surface area contributed by atoms with Crippen molar-refractivity contribution in [3.05, 3.63) is 24.0 Å². The third-order valence-corrected chi connectivity index (χ3v) is 4.37. The third-order valence-electron chi connectivity index (χ3n) is 4.37. The summed E-state index contributed by atoms with van der Waals surface area (Å²) in [5, 5.41) is 6.49. The number of nitrogens with zero attached hydrogens (tertiary/aromatic N) is 2. The Hall–Kier alpha value is -1.86. The minimum absolute atomic E-state index is 0.194. The van der Waals surface area contributed by atoms with E-state index in [1.807, 2.05) is 4.90 Å². The highest BCUT2D eigenvalue weighted by Gasteiger charge is 2.32. The van der Waals surface area contributed by atoms with E-state index < -0.39 is 6.09 Å². The highest BCUT2D eigenvalue weighted by Crippen LogP contribution is 2.28. The lowest BCUT2D eigenvalue weighted by Gasteiger charge is -2.30. The smallest absolute Gasteiger partial charge is 0.414 e. The van der Waals surface area contributed by atoms with Crippen molar-refractivity contribution in [1.29, 1.82) is 0 Å². The first kappa shape index (κ1) is 17.0. The Bertz CT molecular complexity index is 578. The molecule has 2 N–H and O–H groups in total. The van der Waals surface area contributed by atoms with Crippen LogP contribution in [0.15, 0.2) is 18.2 Å². The van der Waals surface area contributed by atoms with E-state index in [2.05, 4.69) is 17.6 Å². The van der Waals surface area contributed by atoms with E-state index in [1.165, 1.54) is 11.0 Å². The second kappa shape index (κ2) is 7.81. The van der Waals surface area contributed by atoms with E-state index >= 15 is 0 Å². The molecule has 1 amide bonds. The number of anilines is 2. The van der Waals surface area contributed by atoms with Crippen LogP contribution in [0.1, 0.15) is 13.3 Å². The normalized spacial score (nSPS) is 21.2. The van der Waals surface area contributed by atoms with E-state index in [9.17, 15) is 9.18 Å². The maximum absolute atomic E-state index is 14.5. The number of carbonyl (C=O) groups excluding carboxylic acids is 1. The average Bonchev–Trinajstić information content (AvgIpc) is 2.96. The van der Waals surface area contributed by atoms with E-state index in [-0.39, 0.29) is 11.9 Å². The molecule has 0 saturated carbocycles. The molecule has 2 fully saturated rings. The molecule has 1 aromatic carbocycles. The van der Waals surface area contributed by atoms with Crippen molar-refractivity contribution in [3.63, 3.8) is 0 Å². The molecule has 0 unspecified atom stereocenters. The van der Waals surface area contributed by atoms with Crippen LogP contribution in [0.2, 0.25) is 0 Å². The summed E-state index contributed by atoms with van der Waals surface area (Å²) in [6.07, 6.45) is 0.427. The predicted octanol–water partition coefficient (Wildman–Crippen LogP) is 1.56. The number of amides is 1. The van der Waals surface area contributed by atoms with E-state index in [1.54, 1.807) is 12.1 Å². The maximum Gasteiger partial charge on any atom is 0.414 e. The molecule has 1 atom stereocenters. The number of cyclic esters (lactones) is 1. The van der Waals surface area contributed by atoms with Crippen molar-refractivity contribution in [2.24, 2.45) is 0 Å². The molecule has 2 aliphatic heterocycles. The van der Waals surface area contributed by atoms with Gasteiger partial charge in [-0.3, -0.25) is 4.90 Å². The van der Waals surface area contributed by atoms with Crippen LogP contribution in [0.5, 0.6) is 0 Å². The Balaban J connectivity index is 1.66. The van der Waals surface area contributed by atoms with Gasteiger partial charge in [-0.05, 0) is 31.2 Å². The van der Waals surface area contributed by atoms with Crippen LogP contribution in [-0.4, -0.2) is 58.0 Å². The van der Waals surface area contributed by atoms with Crippen LogP contribution in [0, 0.1) is 5.82 Å². The number of carbonyl (C=O) groups is 1. The number of ether oxygens (including phenoxy) is 1. The van der Waals surface area contributed by atoms with Gasteiger partial charge in [0.15, 0.2) is 0 Å². The summed E-state index contributed by atoms with van der Waals surface area (Å²) < 4.78 is 19.9.